The summed E-state index contributed by atoms with van der Waals surface area (Å²) < 4.78 is 5.40. The minimum absolute atomic E-state index is 0.131. The van der Waals surface area contributed by atoms with Crippen LogP contribution in [0.4, 0.5) is 0 Å². The maximum absolute atomic E-state index is 12.0. The molecule has 112 valence electrons. The van der Waals surface area contributed by atoms with Crippen LogP contribution in [-0.2, 0) is 0 Å². The molecule has 2 rings (SSSR count). The summed E-state index contributed by atoms with van der Waals surface area (Å²) in [5.74, 6) is 0.695. The molecule has 1 amide bonds. The van der Waals surface area contributed by atoms with Crippen LogP contribution in [0.5, 0.6) is 5.75 Å². The molecule has 0 radical (unpaired) electrons. The van der Waals surface area contributed by atoms with E-state index in [9.17, 15) is 4.79 Å². The van der Waals surface area contributed by atoms with Crippen molar-refractivity contribution in [2.75, 3.05) is 6.61 Å². The zero-order valence-corrected chi connectivity index (χ0v) is 12.6. The number of aromatic amines is 1. The quantitative estimate of drug-likeness (QED) is 0.858. The highest BCUT2D eigenvalue weighted by atomic mass is 16.5. The van der Waals surface area contributed by atoms with Crippen LogP contribution < -0.4 is 10.1 Å². The van der Waals surface area contributed by atoms with Crippen LogP contribution in [0.2, 0.25) is 0 Å². The van der Waals surface area contributed by atoms with E-state index in [-0.39, 0.29) is 11.9 Å². The van der Waals surface area contributed by atoms with E-state index < -0.39 is 0 Å². The average Bonchev–Trinajstić information content (AvgIpc) is 2.98. The van der Waals surface area contributed by atoms with Crippen LogP contribution in [0.3, 0.4) is 0 Å². The Morgan fingerprint density at radius 3 is 2.67 bits per heavy atom. The van der Waals surface area contributed by atoms with E-state index in [1.54, 1.807) is 6.07 Å². The highest BCUT2D eigenvalue weighted by molar-refractivity contribution is 5.93. The lowest BCUT2D eigenvalue weighted by Gasteiger charge is -2.09. The fourth-order valence-electron chi connectivity index (χ4n) is 1.88. The van der Waals surface area contributed by atoms with Gasteiger partial charge in [-0.1, -0.05) is 6.92 Å². The van der Waals surface area contributed by atoms with Gasteiger partial charge in [-0.05, 0) is 50.6 Å². The lowest BCUT2D eigenvalue weighted by atomic mass is 10.1. The van der Waals surface area contributed by atoms with Crippen molar-refractivity contribution in [3.8, 4) is 17.0 Å². The molecule has 0 unspecified atom stereocenters. The molecule has 0 saturated carbocycles. The van der Waals surface area contributed by atoms with Crippen LogP contribution >= 0.6 is 0 Å². The van der Waals surface area contributed by atoms with Gasteiger partial charge in [-0.2, -0.15) is 5.10 Å². The molecule has 5 heteroatoms. The lowest BCUT2D eigenvalue weighted by molar-refractivity contribution is 0.0934. The zero-order valence-electron chi connectivity index (χ0n) is 12.6. The molecule has 1 aromatic carbocycles. The summed E-state index contributed by atoms with van der Waals surface area (Å²) in [7, 11) is 0. The summed E-state index contributed by atoms with van der Waals surface area (Å²) in [6, 6.07) is 9.55. The minimum atomic E-state index is -0.131. The number of benzene rings is 1. The van der Waals surface area contributed by atoms with E-state index in [4.69, 9.17) is 4.74 Å². The molecule has 1 aromatic heterocycles. The molecule has 5 nitrogen and oxygen atoms in total. The Balaban J connectivity index is 2.10. The van der Waals surface area contributed by atoms with Crippen molar-refractivity contribution < 1.29 is 9.53 Å². The number of aromatic nitrogens is 2. The third-order valence-electron chi connectivity index (χ3n) is 3.27. The molecule has 0 spiro atoms. The van der Waals surface area contributed by atoms with Crippen molar-refractivity contribution in [3.63, 3.8) is 0 Å². The zero-order chi connectivity index (χ0) is 15.2. The number of nitrogens with one attached hydrogen (secondary N) is 2. The molecule has 1 atom stereocenters. The van der Waals surface area contributed by atoms with Crippen LogP contribution in [0.25, 0.3) is 11.3 Å². The normalized spacial score (nSPS) is 12.0. The first-order valence-electron chi connectivity index (χ1n) is 7.23. The number of hydrogen-bond donors (Lipinski definition) is 2. The lowest BCUT2D eigenvalue weighted by Crippen LogP contribution is -2.32. The summed E-state index contributed by atoms with van der Waals surface area (Å²) in [6.45, 7) is 6.59. The van der Waals surface area contributed by atoms with E-state index in [2.05, 4.69) is 15.5 Å². The largest absolute Gasteiger partial charge is 0.494 e. The highest BCUT2D eigenvalue weighted by Crippen LogP contribution is 2.21. The Bertz CT molecular complexity index is 590. The summed E-state index contributed by atoms with van der Waals surface area (Å²) in [5.41, 5.74) is 2.16. The molecule has 1 heterocycles. The smallest absolute Gasteiger partial charge is 0.269 e. The molecule has 0 saturated heterocycles. The third kappa shape index (κ3) is 3.84. The molecule has 0 bridgehead atoms. The van der Waals surface area contributed by atoms with Gasteiger partial charge in [-0.3, -0.25) is 9.89 Å². The van der Waals surface area contributed by atoms with Crippen molar-refractivity contribution in [2.45, 2.75) is 33.2 Å². The monoisotopic (exact) mass is 287 g/mol. The first kappa shape index (κ1) is 15.1. The molecule has 0 aliphatic heterocycles. The van der Waals surface area contributed by atoms with Gasteiger partial charge in [0.25, 0.3) is 5.91 Å². The number of H-pyrrole nitrogens is 1. The van der Waals surface area contributed by atoms with Gasteiger partial charge in [0, 0.05) is 11.6 Å². The molecule has 0 fully saturated rings. The number of nitrogens with zero attached hydrogens (tertiary/aromatic N) is 1. The number of carbonyl (C=O) groups excluding carboxylic acids is 1. The predicted molar refractivity (Wildman–Crippen MR) is 82.4 cm³/mol. The first-order valence-corrected chi connectivity index (χ1v) is 7.23. The van der Waals surface area contributed by atoms with Crippen molar-refractivity contribution in [1.82, 2.24) is 15.5 Å². The SMILES string of the molecule is CCOc1ccc(-c2cc(C(=O)N[C@@H](C)CC)[nH]n2)cc1. The van der Waals surface area contributed by atoms with Crippen LogP contribution in [-0.4, -0.2) is 28.8 Å². The molecule has 2 N–H and O–H groups in total. The molecule has 21 heavy (non-hydrogen) atoms. The number of rotatable bonds is 6. The summed E-state index contributed by atoms with van der Waals surface area (Å²) >= 11 is 0. The van der Waals surface area contributed by atoms with E-state index in [0.29, 0.717) is 12.3 Å². The second-order valence-electron chi connectivity index (χ2n) is 4.91. The Morgan fingerprint density at radius 2 is 2.05 bits per heavy atom. The Hall–Kier alpha value is -2.30. The van der Waals surface area contributed by atoms with Gasteiger partial charge in [-0.25, -0.2) is 0 Å². The van der Waals surface area contributed by atoms with Crippen LogP contribution in [0.1, 0.15) is 37.7 Å². The molecular weight excluding hydrogens is 266 g/mol. The van der Waals surface area contributed by atoms with Gasteiger partial charge < -0.3 is 10.1 Å². The highest BCUT2D eigenvalue weighted by Gasteiger charge is 2.12. The second-order valence-corrected chi connectivity index (χ2v) is 4.91. The van der Waals surface area contributed by atoms with E-state index in [1.165, 1.54) is 0 Å². The number of amides is 1. The number of ether oxygens (including phenoxy) is 1. The number of carbonyl (C=O) groups is 1. The van der Waals surface area contributed by atoms with Crippen LogP contribution in [0, 0.1) is 0 Å². The van der Waals surface area contributed by atoms with Gasteiger partial charge in [0.1, 0.15) is 11.4 Å². The maximum Gasteiger partial charge on any atom is 0.269 e. The van der Waals surface area contributed by atoms with Crippen molar-refractivity contribution in [2.24, 2.45) is 0 Å². The van der Waals surface area contributed by atoms with E-state index in [1.807, 2.05) is 45.0 Å². The van der Waals surface area contributed by atoms with Gasteiger partial charge in [0.05, 0.1) is 12.3 Å². The molecular formula is C16H21N3O2. The van der Waals surface area contributed by atoms with E-state index in [0.717, 1.165) is 23.4 Å². The fourth-order valence-corrected chi connectivity index (χ4v) is 1.88. The van der Waals surface area contributed by atoms with Gasteiger partial charge >= 0.3 is 0 Å². The maximum atomic E-state index is 12.0. The van der Waals surface area contributed by atoms with Crippen LogP contribution in [0.15, 0.2) is 30.3 Å². The molecule has 0 aliphatic carbocycles. The summed E-state index contributed by atoms with van der Waals surface area (Å²) in [5, 5.41) is 9.88. The molecule has 2 aromatic rings. The molecule has 0 aliphatic rings. The van der Waals surface area contributed by atoms with Crippen molar-refractivity contribution >= 4 is 5.91 Å². The topological polar surface area (TPSA) is 67.0 Å². The second kappa shape index (κ2) is 6.92. The summed E-state index contributed by atoms with van der Waals surface area (Å²) in [6.07, 6.45) is 0.894. The van der Waals surface area contributed by atoms with Gasteiger partial charge in [0.2, 0.25) is 0 Å². The van der Waals surface area contributed by atoms with Crippen molar-refractivity contribution in [1.29, 1.82) is 0 Å². The number of hydrogen-bond acceptors (Lipinski definition) is 3. The Labute approximate surface area is 124 Å². The summed E-state index contributed by atoms with van der Waals surface area (Å²) in [4.78, 5) is 12.0. The van der Waals surface area contributed by atoms with Crippen molar-refractivity contribution in [3.05, 3.63) is 36.0 Å². The predicted octanol–water partition coefficient (Wildman–Crippen LogP) is 3.00. The van der Waals surface area contributed by atoms with Gasteiger partial charge in [-0.15, -0.1) is 0 Å². The minimum Gasteiger partial charge on any atom is -0.494 e. The van der Waals surface area contributed by atoms with E-state index >= 15 is 0 Å². The Kier molecular flexibility index (Phi) is 4.98. The standard InChI is InChI=1S/C16H21N3O2/c1-4-11(3)17-16(20)15-10-14(18-19-15)12-6-8-13(9-7-12)21-5-2/h6-11H,4-5H2,1-3H3,(H,17,20)(H,18,19)/t11-/m0/s1. The third-order valence-corrected chi connectivity index (χ3v) is 3.27. The first-order chi connectivity index (χ1) is 10.1. The Morgan fingerprint density at radius 1 is 1.33 bits per heavy atom. The fraction of sp³-hybridized carbons (Fsp3) is 0.375. The van der Waals surface area contributed by atoms with Gasteiger partial charge in [0.15, 0.2) is 0 Å². The average molecular weight is 287 g/mol.